The SMILES string of the molecule is CC(C)Cc1ccc([C@H](C)NC(=O)CSc2nnnn2-c2ccccc2)cc1. The van der Waals surface area contributed by atoms with Crippen LogP contribution in [0.5, 0.6) is 0 Å². The van der Waals surface area contributed by atoms with Crippen LogP contribution in [0.25, 0.3) is 5.69 Å². The Kier molecular flexibility index (Phi) is 6.81. The highest BCUT2D eigenvalue weighted by Gasteiger charge is 2.14. The van der Waals surface area contributed by atoms with Gasteiger partial charge in [-0.3, -0.25) is 4.79 Å². The summed E-state index contributed by atoms with van der Waals surface area (Å²) in [5.74, 6) is 0.835. The summed E-state index contributed by atoms with van der Waals surface area (Å²) in [6, 6.07) is 18.0. The van der Waals surface area contributed by atoms with E-state index in [0.29, 0.717) is 11.1 Å². The number of amides is 1. The third-order valence-corrected chi connectivity index (χ3v) is 5.19. The second-order valence-electron chi connectivity index (χ2n) is 7.13. The molecule has 0 saturated carbocycles. The molecule has 6 nitrogen and oxygen atoms in total. The molecule has 0 radical (unpaired) electrons. The molecular weight excluding hydrogens is 370 g/mol. The highest BCUT2D eigenvalue weighted by Crippen LogP contribution is 2.19. The molecule has 0 aliphatic carbocycles. The molecule has 0 saturated heterocycles. The van der Waals surface area contributed by atoms with Crippen molar-refractivity contribution in [1.82, 2.24) is 25.5 Å². The van der Waals surface area contributed by atoms with Gasteiger partial charge in [0.2, 0.25) is 11.1 Å². The summed E-state index contributed by atoms with van der Waals surface area (Å²) in [6.07, 6.45) is 1.06. The van der Waals surface area contributed by atoms with Gasteiger partial charge < -0.3 is 5.32 Å². The third-order valence-electron chi connectivity index (χ3n) is 4.28. The van der Waals surface area contributed by atoms with E-state index in [-0.39, 0.29) is 17.7 Å². The first-order chi connectivity index (χ1) is 13.5. The van der Waals surface area contributed by atoms with E-state index < -0.39 is 0 Å². The lowest BCUT2D eigenvalue weighted by Gasteiger charge is -2.15. The summed E-state index contributed by atoms with van der Waals surface area (Å²) >= 11 is 1.32. The highest BCUT2D eigenvalue weighted by molar-refractivity contribution is 7.99. The minimum Gasteiger partial charge on any atom is -0.349 e. The standard InChI is InChI=1S/C21H25N5OS/c1-15(2)13-17-9-11-18(12-10-17)16(3)22-20(27)14-28-21-23-24-25-26(21)19-7-5-4-6-8-19/h4-12,15-16H,13-14H2,1-3H3,(H,22,27)/t16-/m0/s1. The molecule has 3 rings (SSSR count). The smallest absolute Gasteiger partial charge is 0.230 e. The van der Waals surface area contributed by atoms with Gasteiger partial charge in [0.1, 0.15) is 0 Å². The van der Waals surface area contributed by atoms with Crippen LogP contribution in [0.4, 0.5) is 0 Å². The van der Waals surface area contributed by atoms with Crippen molar-refractivity contribution in [3.8, 4) is 5.69 Å². The number of tetrazole rings is 1. The number of nitrogens with one attached hydrogen (secondary N) is 1. The second-order valence-corrected chi connectivity index (χ2v) is 8.07. The van der Waals surface area contributed by atoms with Crippen molar-refractivity contribution in [2.45, 2.75) is 38.4 Å². The van der Waals surface area contributed by atoms with E-state index in [1.54, 1.807) is 4.68 Å². The van der Waals surface area contributed by atoms with Crippen LogP contribution < -0.4 is 5.32 Å². The molecule has 0 spiro atoms. The molecule has 3 aromatic rings. The Bertz CT molecular complexity index is 893. The van der Waals surface area contributed by atoms with Gasteiger partial charge in [0.15, 0.2) is 0 Å². The number of carbonyl (C=O) groups is 1. The van der Waals surface area contributed by atoms with Crippen LogP contribution in [0.3, 0.4) is 0 Å². The molecule has 1 amide bonds. The van der Waals surface area contributed by atoms with E-state index in [2.05, 4.69) is 59.0 Å². The van der Waals surface area contributed by atoms with Crippen LogP contribution >= 0.6 is 11.8 Å². The van der Waals surface area contributed by atoms with Gasteiger partial charge in [-0.2, -0.15) is 4.68 Å². The minimum absolute atomic E-state index is 0.0497. The van der Waals surface area contributed by atoms with Gasteiger partial charge in [0.05, 0.1) is 17.5 Å². The second kappa shape index (κ2) is 9.50. The first kappa shape index (κ1) is 20.1. The molecule has 0 bridgehead atoms. The number of rotatable bonds is 8. The maximum atomic E-state index is 12.4. The van der Waals surface area contributed by atoms with Crippen LogP contribution in [0.1, 0.15) is 37.9 Å². The molecule has 1 N–H and O–H groups in total. The number of aromatic nitrogens is 4. The Morgan fingerprint density at radius 3 is 2.46 bits per heavy atom. The van der Waals surface area contributed by atoms with E-state index >= 15 is 0 Å². The molecule has 7 heteroatoms. The lowest BCUT2D eigenvalue weighted by molar-refractivity contribution is -0.119. The number of nitrogens with zero attached hydrogens (tertiary/aromatic N) is 4. The fourth-order valence-corrected chi connectivity index (χ4v) is 3.61. The maximum Gasteiger partial charge on any atom is 0.230 e. The molecule has 28 heavy (non-hydrogen) atoms. The predicted octanol–water partition coefficient (Wildman–Crippen LogP) is 3.83. The maximum absolute atomic E-state index is 12.4. The van der Waals surface area contributed by atoms with Crippen molar-refractivity contribution in [1.29, 1.82) is 0 Å². The number of hydrogen-bond acceptors (Lipinski definition) is 5. The molecule has 1 aromatic heterocycles. The van der Waals surface area contributed by atoms with Crippen LogP contribution in [-0.2, 0) is 11.2 Å². The number of hydrogen-bond donors (Lipinski definition) is 1. The van der Waals surface area contributed by atoms with Crippen molar-refractivity contribution >= 4 is 17.7 Å². The summed E-state index contributed by atoms with van der Waals surface area (Å²) in [7, 11) is 0. The van der Waals surface area contributed by atoms with Gasteiger partial charge in [-0.05, 0) is 52.9 Å². The molecular formula is C21H25N5OS. The van der Waals surface area contributed by atoms with Crippen molar-refractivity contribution in [2.75, 3.05) is 5.75 Å². The van der Waals surface area contributed by atoms with E-state index in [1.807, 2.05) is 37.3 Å². The van der Waals surface area contributed by atoms with E-state index in [4.69, 9.17) is 0 Å². The summed E-state index contributed by atoms with van der Waals surface area (Å²) in [6.45, 7) is 6.42. The van der Waals surface area contributed by atoms with Crippen LogP contribution in [0.15, 0.2) is 59.8 Å². The first-order valence-electron chi connectivity index (χ1n) is 9.37. The highest BCUT2D eigenvalue weighted by atomic mass is 32.2. The van der Waals surface area contributed by atoms with Gasteiger partial charge in [0.25, 0.3) is 0 Å². The largest absolute Gasteiger partial charge is 0.349 e. The molecule has 0 fully saturated rings. The lowest BCUT2D eigenvalue weighted by Crippen LogP contribution is -2.28. The first-order valence-corrected chi connectivity index (χ1v) is 10.4. The molecule has 0 aliphatic rings. The zero-order valence-corrected chi connectivity index (χ0v) is 17.2. The van der Waals surface area contributed by atoms with E-state index in [0.717, 1.165) is 17.7 Å². The zero-order chi connectivity index (χ0) is 19.9. The van der Waals surface area contributed by atoms with Crippen LogP contribution in [0.2, 0.25) is 0 Å². The van der Waals surface area contributed by atoms with Gasteiger partial charge >= 0.3 is 0 Å². The fraction of sp³-hybridized carbons (Fsp3) is 0.333. The quantitative estimate of drug-likeness (QED) is 0.587. The van der Waals surface area contributed by atoms with Crippen molar-refractivity contribution in [3.63, 3.8) is 0 Å². The van der Waals surface area contributed by atoms with Gasteiger partial charge in [-0.1, -0.05) is 68.1 Å². The Morgan fingerprint density at radius 2 is 1.79 bits per heavy atom. The average Bonchev–Trinajstić information content (AvgIpc) is 3.16. The van der Waals surface area contributed by atoms with E-state index in [1.165, 1.54) is 17.3 Å². The summed E-state index contributed by atoms with van der Waals surface area (Å²) in [5.41, 5.74) is 3.28. The monoisotopic (exact) mass is 395 g/mol. The summed E-state index contributed by atoms with van der Waals surface area (Å²) in [4.78, 5) is 12.4. The zero-order valence-electron chi connectivity index (χ0n) is 16.4. The van der Waals surface area contributed by atoms with Crippen LogP contribution in [0, 0.1) is 5.92 Å². The molecule has 1 atom stereocenters. The van der Waals surface area contributed by atoms with Gasteiger partial charge in [-0.15, -0.1) is 5.10 Å². The Balaban J connectivity index is 1.54. The average molecular weight is 396 g/mol. The number of benzene rings is 2. The third kappa shape index (κ3) is 5.42. The molecule has 2 aromatic carbocycles. The number of para-hydroxylation sites is 1. The Hall–Kier alpha value is -2.67. The van der Waals surface area contributed by atoms with Crippen LogP contribution in [-0.4, -0.2) is 31.9 Å². The summed E-state index contributed by atoms with van der Waals surface area (Å²) < 4.78 is 1.63. The van der Waals surface area contributed by atoms with E-state index in [9.17, 15) is 4.79 Å². The predicted molar refractivity (Wildman–Crippen MR) is 111 cm³/mol. The summed E-state index contributed by atoms with van der Waals surface area (Å²) in [5, 5.41) is 15.4. The Labute approximate surface area is 169 Å². The topological polar surface area (TPSA) is 72.7 Å². The fourth-order valence-electron chi connectivity index (χ4n) is 2.91. The molecule has 0 unspecified atom stereocenters. The molecule has 146 valence electrons. The molecule has 1 heterocycles. The van der Waals surface area contributed by atoms with Crippen molar-refractivity contribution < 1.29 is 4.79 Å². The normalized spacial score (nSPS) is 12.1. The van der Waals surface area contributed by atoms with Gasteiger partial charge in [0, 0.05) is 0 Å². The minimum atomic E-state index is -0.0497. The lowest BCUT2D eigenvalue weighted by atomic mass is 10.00. The van der Waals surface area contributed by atoms with Crippen molar-refractivity contribution in [3.05, 3.63) is 65.7 Å². The van der Waals surface area contributed by atoms with Crippen molar-refractivity contribution in [2.24, 2.45) is 5.92 Å². The number of thioether (sulfide) groups is 1. The Morgan fingerprint density at radius 1 is 1.07 bits per heavy atom. The molecule has 0 aliphatic heterocycles. The number of carbonyl (C=O) groups excluding carboxylic acids is 1. The van der Waals surface area contributed by atoms with Gasteiger partial charge in [-0.25, -0.2) is 0 Å².